The summed E-state index contributed by atoms with van der Waals surface area (Å²) in [7, 11) is 0. The first kappa shape index (κ1) is 19.4. The molecule has 0 aromatic carbocycles. The van der Waals surface area contributed by atoms with E-state index in [1.165, 1.54) is 0 Å². The molecule has 0 aromatic rings. The maximum Gasteiger partial charge on any atom is 0.314 e. The number of ketones is 1. The van der Waals surface area contributed by atoms with Crippen molar-refractivity contribution in [3.63, 3.8) is 0 Å². The lowest BCUT2D eigenvalue weighted by atomic mass is 9.91. The number of allylic oxidation sites excluding steroid dienone is 1. The van der Waals surface area contributed by atoms with Crippen LogP contribution in [-0.2, 0) is 14.3 Å². The van der Waals surface area contributed by atoms with Crippen molar-refractivity contribution < 1.29 is 19.4 Å². The molecule has 1 rings (SSSR count). The van der Waals surface area contributed by atoms with Crippen molar-refractivity contribution in [2.75, 3.05) is 39.3 Å². The van der Waals surface area contributed by atoms with Crippen LogP contribution in [0.1, 0.15) is 26.7 Å². The van der Waals surface area contributed by atoms with Crippen LogP contribution in [0.4, 0.5) is 0 Å². The predicted molar refractivity (Wildman–Crippen MR) is 87.7 cm³/mol. The minimum absolute atomic E-state index is 0.0101. The third kappa shape index (κ3) is 7.47. The fourth-order valence-electron chi connectivity index (χ4n) is 2.57. The number of ether oxygens (including phenoxy) is 1. The highest BCUT2D eigenvalue weighted by Crippen LogP contribution is 2.13. The van der Waals surface area contributed by atoms with Crippen molar-refractivity contribution in [1.82, 2.24) is 10.2 Å². The van der Waals surface area contributed by atoms with Gasteiger partial charge in [-0.3, -0.25) is 9.59 Å². The van der Waals surface area contributed by atoms with Crippen molar-refractivity contribution in [3.8, 4) is 0 Å². The third-order valence-electron chi connectivity index (χ3n) is 3.87. The van der Waals surface area contributed by atoms with Gasteiger partial charge in [-0.25, -0.2) is 0 Å². The van der Waals surface area contributed by atoms with Crippen LogP contribution in [-0.4, -0.2) is 61.1 Å². The standard InChI is InChI=1S/C16H29N3O4/c1-12(2)15(16(21)22)13(20)11-14(17)23-10-4-3-7-19-8-5-18-6-9-19/h11-12,15,18H,3-10,17H2,1-2H3,(H,21,22)/b14-11+. The number of carbonyl (C=O) groups is 2. The van der Waals surface area contributed by atoms with Crippen LogP contribution in [0.3, 0.4) is 0 Å². The second-order valence-corrected chi connectivity index (χ2v) is 6.16. The van der Waals surface area contributed by atoms with E-state index in [1.54, 1.807) is 13.8 Å². The van der Waals surface area contributed by atoms with Crippen molar-refractivity contribution in [2.45, 2.75) is 26.7 Å². The van der Waals surface area contributed by atoms with Gasteiger partial charge in [-0.05, 0) is 25.3 Å². The molecule has 0 aliphatic carbocycles. The Morgan fingerprint density at radius 1 is 1.30 bits per heavy atom. The van der Waals surface area contributed by atoms with Crippen molar-refractivity contribution in [1.29, 1.82) is 0 Å². The number of carboxylic acid groups (broad SMARTS) is 1. The minimum Gasteiger partial charge on any atom is -0.481 e. The molecular weight excluding hydrogens is 298 g/mol. The Morgan fingerprint density at radius 2 is 1.96 bits per heavy atom. The maximum atomic E-state index is 11.9. The van der Waals surface area contributed by atoms with Crippen LogP contribution in [0.15, 0.2) is 12.0 Å². The third-order valence-corrected chi connectivity index (χ3v) is 3.87. The van der Waals surface area contributed by atoms with Gasteiger partial charge in [0.2, 0.25) is 0 Å². The topological polar surface area (TPSA) is 105 Å². The number of nitrogens with one attached hydrogen (secondary N) is 1. The number of unbranched alkanes of at least 4 members (excludes halogenated alkanes) is 1. The molecule has 4 N–H and O–H groups in total. The lowest BCUT2D eigenvalue weighted by molar-refractivity contribution is -0.146. The average Bonchev–Trinajstić information content (AvgIpc) is 2.47. The molecule has 1 heterocycles. The second-order valence-electron chi connectivity index (χ2n) is 6.16. The zero-order valence-corrected chi connectivity index (χ0v) is 14.1. The fraction of sp³-hybridized carbons (Fsp3) is 0.750. The smallest absolute Gasteiger partial charge is 0.314 e. The van der Waals surface area contributed by atoms with Gasteiger partial charge < -0.3 is 25.8 Å². The lowest BCUT2D eigenvalue weighted by Crippen LogP contribution is -2.43. The first-order valence-corrected chi connectivity index (χ1v) is 8.21. The van der Waals surface area contributed by atoms with E-state index in [4.69, 9.17) is 15.6 Å². The number of hydrogen-bond donors (Lipinski definition) is 3. The highest BCUT2D eigenvalue weighted by atomic mass is 16.5. The van der Waals surface area contributed by atoms with Gasteiger partial charge in [-0.2, -0.15) is 0 Å². The summed E-state index contributed by atoms with van der Waals surface area (Å²) in [6.45, 7) is 9.06. The Hall–Kier alpha value is -1.60. The normalized spacial score (nSPS) is 18.0. The van der Waals surface area contributed by atoms with E-state index in [9.17, 15) is 9.59 Å². The van der Waals surface area contributed by atoms with E-state index in [0.717, 1.165) is 51.6 Å². The Balaban J connectivity index is 2.25. The van der Waals surface area contributed by atoms with E-state index in [0.29, 0.717) is 6.61 Å². The molecule has 1 aliphatic rings. The SMILES string of the molecule is CC(C)C(C(=O)O)C(=O)/C=C(\N)OCCCCN1CCNCC1. The van der Waals surface area contributed by atoms with Gasteiger partial charge in [-0.1, -0.05) is 13.8 Å². The van der Waals surface area contributed by atoms with Crippen LogP contribution >= 0.6 is 0 Å². The van der Waals surface area contributed by atoms with Gasteiger partial charge in [-0.15, -0.1) is 0 Å². The molecule has 1 atom stereocenters. The van der Waals surface area contributed by atoms with Gasteiger partial charge in [0.15, 0.2) is 11.7 Å². The zero-order chi connectivity index (χ0) is 17.2. The molecule has 7 heteroatoms. The van der Waals surface area contributed by atoms with Gasteiger partial charge in [0.05, 0.1) is 6.61 Å². The molecule has 1 aliphatic heterocycles. The summed E-state index contributed by atoms with van der Waals surface area (Å²) >= 11 is 0. The molecule has 23 heavy (non-hydrogen) atoms. The fourth-order valence-corrected chi connectivity index (χ4v) is 2.57. The van der Waals surface area contributed by atoms with Gasteiger partial charge >= 0.3 is 5.97 Å². The number of nitrogens with zero attached hydrogens (tertiary/aromatic N) is 1. The number of nitrogens with two attached hydrogens (primary N) is 1. The monoisotopic (exact) mass is 327 g/mol. The van der Waals surface area contributed by atoms with Crippen LogP contribution in [0.5, 0.6) is 0 Å². The summed E-state index contributed by atoms with van der Waals surface area (Å²) in [6, 6.07) is 0. The van der Waals surface area contributed by atoms with Crippen molar-refractivity contribution in [2.24, 2.45) is 17.6 Å². The van der Waals surface area contributed by atoms with Crippen LogP contribution in [0.2, 0.25) is 0 Å². The highest BCUT2D eigenvalue weighted by Gasteiger charge is 2.28. The van der Waals surface area contributed by atoms with Gasteiger partial charge in [0, 0.05) is 32.3 Å². The number of aliphatic carboxylic acids is 1. The van der Waals surface area contributed by atoms with E-state index < -0.39 is 17.7 Å². The molecule has 1 unspecified atom stereocenters. The number of hydrogen-bond acceptors (Lipinski definition) is 6. The first-order chi connectivity index (χ1) is 10.9. The average molecular weight is 327 g/mol. The molecule has 1 fully saturated rings. The summed E-state index contributed by atoms with van der Waals surface area (Å²) in [6.07, 6.45) is 2.94. The summed E-state index contributed by atoms with van der Waals surface area (Å²) in [4.78, 5) is 25.4. The lowest BCUT2D eigenvalue weighted by Gasteiger charge is -2.26. The van der Waals surface area contributed by atoms with Crippen molar-refractivity contribution in [3.05, 3.63) is 12.0 Å². The van der Waals surface area contributed by atoms with Crippen LogP contribution in [0.25, 0.3) is 0 Å². The highest BCUT2D eigenvalue weighted by molar-refractivity contribution is 6.04. The second kappa shape index (κ2) is 10.2. The zero-order valence-electron chi connectivity index (χ0n) is 14.1. The van der Waals surface area contributed by atoms with Crippen LogP contribution in [0, 0.1) is 11.8 Å². The summed E-state index contributed by atoms with van der Waals surface area (Å²) in [5.41, 5.74) is 5.64. The molecular formula is C16H29N3O4. The van der Waals surface area contributed by atoms with E-state index >= 15 is 0 Å². The summed E-state index contributed by atoms with van der Waals surface area (Å²) in [5.74, 6) is -3.03. The minimum atomic E-state index is -1.13. The van der Waals surface area contributed by atoms with Gasteiger partial charge in [0.1, 0.15) is 5.92 Å². The molecule has 0 amide bonds. The number of piperazine rings is 1. The number of rotatable bonds is 10. The summed E-state index contributed by atoms with van der Waals surface area (Å²) < 4.78 is 5.31. The quantitative estimate of drug-likeness (QED) is 0.231. The van der Waals surface area contributed by atoms with E-state index in [2.05, 4.69) is 10.2 Å². The van der Waals surface area contributed by atoms with E-state index in [-0.39, 0.29) is 11.8 Å². The molecule has 0 saturated carbocycles. The largest absolute Gasteiger partial charge is 0.481 e. The van der Waals surface area contributed by atoms with E-state index in [1.807, 2.05) is 0 Å². The van der Waals surface area contributed by atoms with Crippen molar-refractivity contribution >= 4 is 11.8 Å². The summed E-state index contributed by atoms with van der Waals surface area (Å²) in [5, 5.41) is 12.4. The molecule has 0 spiro atoms. The molecule has 1 saturated heterocycles. The Labute approximate surface area is 137 Å². The van der Waals surface area contributed by atoms with Gasteiger partial charge in [0.25, 0.3) is 0 Å². The Bertz CT molecular complexity index is 418. The molecule has 7 nitrogen and oxygen atoms in total. The number of carbonyl (C=O) groups excluding carboxylic acids is 1. The molecule has 0 bridgehead atoms. The number of carboxylic acids is 1. The predicted octanol–water partition coefficient (Wildman–Crippen LogP) is 0.414. The molecule has 0 radical (unpaired) electrons. The van der Waals surface area contributed by atoms with Crippen LogP contribution < -0.4 is 11.1 Å². The Morgan fingerprint density at radius 3 is 2.52 bits per heavy atom. The maximum absolute atomic E-state index is 11.9. The first-order valence-electron chi connectivity index (χ1n) is 8.21. The molecule has 132 valence electrons. The molecule has 0 aromatic heterocycles. The Kier molecular flexibility index (Phi) is 8.65.